The van der Waals surface area contributed by atoms with Gasteiger partial charge < -0.3 is 4.90 Å². The third kappa shape index (κ3) is 1.46. The van der Waals surface area contributed by atoms with Crippen molar-refractivity contribution in [3.63, 3.8) is 0 Å². The Hall–Kier alpha value is -1.82. The number of pyridine rings is 1. The Morgan fingerprint density at radius 1 is 1.33 bits per heavy atom. The summed E-state index contributed by atoms with van der Waals surface area (Å²) in [5.74, 6) is -0.394. The van der Waals surface area contributed by atoms with Gasteiger partial charge in [0.15, 0.2) is 0 Å². The van der Waals surface area contributed by atoms with Crippen molar-refractivity contribution in [2.45, 2.75) is 18.3 Å². The molecule has 1 amide bonds. The molecular formula is C15H10BrFN2O2. The Balaban J connectivity index is 2.09. The number of amides is 1. The molecule has 1 saturated carbocycles. The van der Waals surface area contributed by atoms with Crippen LogP contribution in [-0.2, 0) is 15.0 Å². The minimum atomic E-state index is -0.778. The van der Waals surface area contributed by atoms with Gasteiger partial charge in [0.2, 0.25) is 5.91 Å². The molecule has 1 aliphatic heterocycles. The van der Waals surface area contributed by atoms with E-state index in [9.17, 15) is 14.0 Å². The Bertz CT molecular complexity index is 841. The summed E-state index contributed by atoms with van der Waals surface area (Å²) in [4.78, 5) is 29.9. The zero-order chi connectivity index (χ0) is 14.9. The van der Waals surface area contributed by atoms with Crippen molar-refractivity contribution in [3.8, 4) is 0 Å². The number of nitrogens with zero attached hydrogens (tertiary/aromatic N) is 2. The van der Waals surface area contributed by atoms with Crippen molar-refractivity contribution < 1.29 is 14.0 Å². The first-order valence-corrected chi connectivity index (χ1v) is 7.31. The van der Waals surface area contributed by atoms with Gasteiger partial charge in [-0.05, 0) is 22.0 Å². The number of hydrogen-bond donors (Lipinski definition) is 0. The minimum Gasteiger partial charge on any atom is -0.313 e. The van der Waals surface area contributed by atoms with Gasteiger partial charge in [-0.2, -0.15) is 0 Å². The largest absolute Gasteiger partial charge is 0.313 e. The molecule has 21 heavy (non-hydrogen) atoms. The lowest BCUT2D eigenvalue weighted by Gasteiger charge is -2.35. The zero-order valence-electron chi connectivity index (χ0n) is 11.1. The number of aromatic nitrogens is 1. The Morgan fingerprint density at radius 3 is 2.71 bits per heavy atom. The number of ketones is 1. The van der Waals surface area contributed by atoms with E-state index in [1.54, 1.807) is 24.2 Å². The molecule has 106 valence electrons. The number of anilines is 1. The van der Waals surface area contributed by atoms with E-state index in [4.69, 9.17) is 0 Å². The first-order chi connectivity index (χ1) is 9.94. The fourth-order valence-electron chi connectivity index (χ4n) is 3.42. The summed E-state index contributed by atoms with van der Waals surface area (Å²) in [6.07, 6.45) is 2.02. The van der Waals surface area contributed by atoms with Crippen molar-refractivity contribution >= 4 is 44.2 Å². The van der Waals surface area contributed by atoms with Crippen LogP contribution in [0, 0.1) is 5.82 Å². The molecule has 6 heteroatoms. The highest BCUT2D eigenvalue weighted by atomic mass is 79.9. The summed E-state index contributed by atoms with van der Waals surface area (Å²) in [5.41, 5.74) is 1.23. The molecule has 1 aromatic heterocycles. The van der Waals surface area contributed by atoms with E-state index in [0.717, 1.165) is 10.9 Å². The summed E-state index contributed by atoms with van der Waals surface area (Å²) in [6.45, 7) is 0. The van der Waals surface area contributed by atoms with Gasteiger partial charge in [-0.25, -0.2) is 4.39 Å². The summed E-state index contributed by atoms with van der Waals surface area (Å²) >= 11 is 3.18. The Labute approximate surface area is 128 Å². The number of halogens is 2. The number of benzene rings is 1. The molecule has 2 aromatic rings. The van der Waals surface area contributed by atoms with E-state index < -0.39 is 11.2 Å². The Kier molecular flexibility index (Phi) is 2.38. The smallest absolute Gasteiger partial charge is 0.238 e. The molecule has 1 fully saturated rings. The first-order valence-electron chi connectivity index (χ1n) is 6.52. The van der Waals surface area contributed by atoms with Crippen LogP contribution in [0.15, 0.2) is 22.8 Å². The van der Waals surface area contributed by atoms with Crippen molar-refractivity contribution in [1.29, 1.82) is 0 Å². The predicted molar refractivity (Wildman–Crippen MR) is 78.7 cm³/mol. The van der Waals surface area contributed by atoms with E-state index >= 15 is 0 Å². The summed E-state index contributed by atoms with van der Waals surface area (Å²) in [5, 5.41) is 0.728. The average Bonchev–Trinajstić information content (AvgIpc) is 2.63. The fraction of sp³-hybridized carbons (Fsp3) is 0.267. The number of likely N-dealkylation sites (N-methyl/N-ethyl adjacent to an activating group) is 1. The molecule has 0 unspecified atom stereocenters. The summed E-state index contributed by atoms with van der Waals surface area (Å²) in [6, 6.07) is 2.99. The number of fused-ring (bicyclic) bond motifs is 4. The van der Waals surface area contributed by atoms with Crippen LogP contribution < -0.4 is 4.90 Å². The second-order valence-electron chi connectivity index (χ2n) is 5.64. The molecule has 2 heterocycles. The molecular weight excluding hydrogens is 339 g/mol. The topological polar surface area (TPSA) is 50.3 Å². The summed E-state index contributed by atoms with van der Waals surface area (Å²) in [7, 11) is 1.69. The lowest BCUT2D eigenvalue weighted by Crippen LogP contribution is -2.49. The maximum atomic E-state index is 13.7. The van der Waals surface area contributed by atoms with Crippen LogP contribution in [0.25, 0.3) is 10.9 Å². The third-order valence-corrected chi connectivity index (χ3v) is 5.05. The minimum absolute atomic E-state index is 0.0770. The van der Waals surface area contributed by atoms with Crippen molar-refractivity contribution in [2.75, 3.05) is 11.9 Å². The SMILES string of the molecule is CN1C(=O)C2(CC(=O)C2)c2c1cnc1cc(F)c(Br)cc21. The standard InChI is InChI=1S/C15H10BrFN2O2/c1-19-12-6-18-11-3-10(17)9(16)2-8(11)13(12)15(14(19)21)4-7(20)5-15/h2-3,6H,4-5H2,1H3. The van der Waals surface area contributed by atoms with Crippen molar-refractivity contribution in [3.05, 3.63) is 34.2 Å². The van der Waals surface area contributed by atoms with Crippen LogP contribution in [0.1, 0.15) is 18.4 Å². The van der Waals surface area contributed by atoms with Crippen LogP contribution in [0.5, 0.6) is 0 Å². The number of carbonyl (C=O) groups excluding carboxylic acids is 2. The third-order valence-electron chi connectivity index (χ3n) is 4.44. The van der Waals surface area contributed by atoms with Gasteiger partial charge in [0.05, 0.1) is 27.3 Å². The quantitative estimate of drug-likeness (QED) is 0.735. The number of Topliss-reactive ketones (excluding diaryl/α,β-unsaturated/α-hetero) is 1. The zero-order valence-corrected chi connectivity index (χ0v) is 12.7. The van der Waals surface area contributed by atoms with Crippen LogP contribution >= 0.6 is 15.9 Å². The number of carbonyl (C=O) groups is 2. The highest BCUT2D eigenvalue weighted by Crippen LogP contribution is 2.53. The van der Waals surface area contributed by atoms with Crippen LogP contribution in [0.4, 0.5) is 10.1 Å². The van der Waals surface area contributed by atoms with E-state index in [1.807, 2.05) is 0 Å². The van der Waals surface area contributed by atoms with E-state index in [1.165, 1.54) is 6.07 Å². The lowest BCUT2D eigenvalue weighted by molar-refractivity contribution is -0.138. The highest BCUT2D eigenvalue weighted by Gasteiger charge is 2.58. The molecule has 0 N–H and O–H groups in total. The predicted octanol–water partition coefficient (Wildman–Crippen LogP) is 2.71. The number of hydrogen-bond acceptors (Lipinski definition) is 3. The van der Waals surface area contributed by atoms with E-state index in [0.29, 0.717) is 15.7 Å². The highest BCUT2D eigenvalue weighted by molar-refractivity contribution is 9.10. The molecule has 1 spiro atoms. The molecule has 0 bridgehead atoms. The molecule has 1 aliphatic carbocycles. The van der Waals surface area contributed by atoms with Crippen LogP contribution in [-0.4, -0.2) is 23.7 Å². The van der Waals surface area contributed by atoms with E-state index in [2.05, 4.69) is 20.9 Å². The van der Waals surface area contributed by atoms with Gasteiger partial charge in [-0.15, -0.1) is 0 Å². The van der Waals surface area contributed by atoms with E-state index in [-0.39, 0.29) is 24.5 Å². The maximum Gasteiger partial charge on any atom is 0.238 e. The van der Waals surface area contributed by atoms with Gasteiger partial charge in [-0.3, -0.25) is 14.6 Å². The summed E-state index contributed by atoms with van der Waals surface area (Å²) < 4.78 is 14.0. The number of rotatable bonds is 0. The molecule has 4 nitrogen and oxygen atoms in total. The van der Waals surface area contributed by atoms with Crippen molar-refractivity contribution in [1.82, 2.24) is 4.98 Å². The fourth-order valence-corrected chi connectivity index (χ4v) is 3.76. The molecule has 0 radical (unpaired) electrons. The van der Waals surface area contributed by atoms with Crippen molar-refractivity contribution in [2.24, 2.45) is 0 Å². The van der Waals surface area contributed by atoms with Crippen LogP contribution in [0.3, 0.4) is 0 Å². The monoisotopic (exact) mass is 348 g/mol. The van der Waals surface area contributed by atoms with Gasteiger partial charge in [0.25, 0.3) is 0 Å². The molecule has 4 rings (SSSR count). The second kappa shape index (κ2) is 3.88. The Morgan fingerprint density at radius 2 is 2.05 bits per heavy atom. The van der Waals surface area contributed by atoms with Gasteiger partial charge in [0, 0.05) is 36.9 Å². The van der Waals surface area contributed by atoms with Gasteiger partial charge in [-0.1, -0.05) is 0 Å². The van der Waals surface area contributed by atoms with Crippen LogP contribution in [0.2, 0.25) is 0 Å². The average molecular weight is 349 g/mol. The second-order valence-corrected chi connectivity index (χ2v) is 6.49. The lowest BCUT2D eigenvalue weighted by atomic mass is 9.63. The molecule has 0 atom stereocenters. The van der Waals surface area contributed by atoms with Gasteiger partial charge >= 0.3 is 0 Å². The van der Waals surface area contributed by atoms with Gasteiger partial charge in [0.1, 0.15) is 11.6 Å². The normalized spacial score (nSPS) is 19.3. The first kappa shape index (κ1) is 12.9. The molecule has 1 aromatic carbocycles. The maximum absolute atomic E-state index is 13.7. The molecule has 2 aliphatic rings. The molecule has 0 saturated heterocycles.